The Hall–Kier alpha value is -0.0800. The van der Waals surface area contributed by atoms with Crippen molar-refractivity contribution in [3.05, 3.63) is 0 Å². The van der Waals surface area contributed by atoms with Crippen LogP contribution in [0.15, 0.2) is 0 Å². The zero-order valence-corrected chi connectivity index (χ0v) is 14.5. The first-order chi connectivity index (χ1) is 10.3. The average Bonchev–Trinajstić information content (AvgIpc) is 2.49. The maximum Gasteiger partial charge on any atom is 0.0540 e. The van der Waals surface area contributed by atoms with Crippen molar-refractivity contribution < 1.29 is 10.2 Å². The van der Waals surface area contributed by atoms with E-state index in [1.165, 1.54) is 70.6 Å². The third-order valence-electron chi connectivity index (χ3n) is 4.34. The van der Waals surface area contributed by atoms with Crippen molar-refractivity contribution in [3.63, 3.8) is 0 Å². The summed E-state index contributed by atoms with van der Waals surface area (Å²) in [5.74, 6) is 0. The summed E-state index contributed by atoms with van der Waals surface area (Å²) in [5, 5.41) is 18.6. The molecule has 0 aromatic rings. The van der Waals surface area contributed by atoms with Gasteiger partial charge >= 0.3 is 0 Å². The molecule has 0 radical (unpaired) electrons. The van der Waals surface area contributed by atoms with Crippen molar-refractivity contribution in [2.75, 3.05) is 6.61 Å². The van der Waals surface area contributed by atoms with Gasteiger partial charge in [-0.1, -0.05) is 90.4 Å². The predicted octanol–water partition coefficient (Wildman–Crippen LogP) is 5.60. The van der Waals surface area contributed by atoms with E-state index in [1.807, 2.05) is 0 Å². The van der Waals surface area contributed by atoms with Gasteiger partial charge in [0.05, 0.1) is 6.10 Å². The second-order valence-corrected chi connectivity index (χ2v) is 6.55. The van der Waals surface area contributed by atoms with E-state index in [-0.39, 0.29) is 6.10 Å². The second kappa shape index (κ2) is 18.0. The van der Waals surface area contributed by atoms with Crippen LogP contribution in [0, 0.1) is 0 Å². The van der Waals surface area contributed by atoms with Gasteiger partial charge in [-0.25, -0.2) is 0 Å². The fourth-order valence-electron chi connectivity index (χ4n) is 2.86. The monoisotopic (exact) mass is 300 g/mol. The quantitative estimate of drug-likeness (QED) is 0.343. The van der Waals surface area contributed by atoms with Crippen LogP contribution in [0.1, 0.15) is 110 Å². The average molecular weight is 301 g/mol. The third kappa shape index (κ3) is 17.9. The molecule has 0 heterocycles. The summed E-state index contributed by atoms with van der Waals surface area (Å²) in [7, 11) is 0. The summed E-state index contributed by atoms with van der Waals surface area (Å²) < 4.78 is 0. The minimum Gasteiger partial charge on any atom is -0.396 e. The van der Waals surface area contributed by atoms with E-state index < -0.39 is 0 Å². The summed E-state index contributed by atoms with van der Waals surface area (Å²) in [6, 6.07) is 0. The van der Waals surface area contributed by atoms with Crippen molar-refractivity contribution in [1.29, 1.82) is 0 Å². The number of rotatable bonds is 17. The van der Waals surface area contributed by atoms with E-state index in [2.05, 4.69) is 6.92 Å². The SMILES string of the molecule is CCCCCCCCCCC(O)CCCCCCCCO. The molecule has 0 saturated heterocycles. The molecule has 0 bridgehead atoms. The van der Waals surface area contributed by atoms with Crippen LogP contribution in [-0.2, 0) is 0 Å². The van der Waals surface area contributed by atoms with E-state index >= 15 is 0 Å². The van der Waals surface area contributed by atoms with Crippen LogP contribution in [0.4, 0.5) is 0 Å². The molecule has 1 atom stereocenters. The van der Waals surface area contributed by atoms with Crippen LogP contribution in [0.3, 0.4) is 0 Å². The molecule has 128 valence electrons. The van der Waals surface area contributed by atoms with Crippen molar-refractivity contribution in [2.45, 2.75) is 116 Å². The fraction of sp³-hybridized carbons (Fsp3) is 1.00. The van der Waals surface area contributed by atoms with Gasteiger partial charge in [-0.15, -0.1) is 0 Å². The largest absolute Gasteiger partial charge is 0.396 e. The summed E-state index contributed by atoms with van der Waals surface area (Å²) >= 11 is 0. The minimum absolute atomic E-state index is 0.0671. The molecule has 0 rings (SSSR count). The molecule has 1 unspecified atom stereocenters. The predicted molar refractivity (Wildman–Crippen MR) is 92.6 cm³/mol. The van der Waals surface area contributed by atoms with Gasteiger partial charge in [-0.2, -0.15) is 0 Å². The Morgan fingerprint density at radius 1 is 0.571 bits per heavy atom. The standard InChI is InChI=1S/C19H40O2/c1-2-3-4-5-6-7-10-13-16-19(21)17-14-11-8-9-12-15-18-20/h19-21H,2-18H2,1H3. The molecule has 0 amide bonds. The van der Waals surface area contributed by atoms with Gasteiger partial charge in [0.25, 0.3) is 0 Å². The molecule has 0 aliphatic rings. The molecule has 2 N–H and O–H groups in total. The lowest BCUT2D eigenvalue weighted by atomic mass is 10.0. The smallest absolute Gasteiger partial charge is 0.0540 e. The first-order valence-corrected chi connectivity index (χ1v) is 9.60. The van der Waals surface area contributed by atoms with E-state index in [1.54, 1.807) is 0 Å². The lowest BCUT2D eigenvalue weighted by Gasteiger charge is -2.10. The van der Waals surface area contributed by atoms with Gasteiger partial charge in [0.2, 0.25) is 0 Å². The molecule has 0 aromatic heterocycles. The highest BCUT2D eigenvalue weighted by Crippen LogP contribution is 2.14. The number of hydrogen-bond acceptors (Lipinski definition) is 2. The lowest BCUT2D eigenvalue weighted by Crippen LogP contribution is -2.05. The highest BCUT2D eigenvalue weighted by molar-refractivity contribution is 4.57. The second-order valence-electron chi connectivity index (χ2n) is 6.55. The van der Waals surface area contributed by atoms with Gasteiger partial charge < -0.3 is 10.2 Å². The Balaban J connectivity index is 3.11. The highest BCUT2D eigenvalue weighted by Gasteiger charge is 2.03. The maximum absolute atomic E-state index is 9.93. The lowest BCUT2D eigenvalue weighted by molar-refractivity contribution is 0.147. The zero-order valence-electron chi connectivity index (χ0n) is 14.5. The van der Waals surface area contributed by atoms with Crippen LogP contribution in [0.5, 0.6) is 0 Å². The number of unbranched alkanes of at least 4 members (excludes halogenated alkanes) is 12. The minimum atomic E-state index is -0.0671. The van der Waals surface area contributed by atoms with Crippen molar-refractivity contribution in [1.82, 2.24) is 0 Å². The molecule has 2 heteroatoms. The summed E-state index contributed by atoms with van der Waals surface area (Å²) in [4.78, 5) is 0. The first-order valence-electron chi connectivity index (χ1n) is 9.60. The molecule has 21 heavy (non-hydrogen) atoms. The molecule has 0 spiro atoms. The van der Waals surface area contributed by atoms with Crippen LogP contribution < -0.4 is 0 Å². The highest BCUT2D eigenvalue weighted by atomic mass is 16.3. The summed E-state index contributed by atoms with van der Waals surface area (Å²) in [6.45, 7) is 2.59. The van der Waals surface area contributed by atoms with Gasteiger partial charge in [0.1, 0.15) is 0 Å². The summed E-state index contributed by atoms with van der Waals surface area (Å²) in [5.41, 5.74) is 0. The molecule has 2 nitrogen and oxygen atoms in total. The van der Waals surface area contributed by atoms with E-state index in [0.29, 0.717) is 6.61 Å². The molecular formula is C19H40O2. The molecule has 0 fully saturated rings. The number of hydrogen-bond donors (Lipinski definition) is 2. The molecule has 0 aliphatic carbocycles. The Bertz CT molecular complexity index is 182. The Morgan fingerprint density at radius 3 is 1.38 bits per heavy atom. The summed E-state index contributed by atoms with van der Waals surface area (Å²) in [6.07, 6.45) is 19.6. The van der Waals surface area contributed by atoms with Gasteiger partial charge in [-0.05, 0) is 19.3 Å². The fourth-order valence-corrected chi connectivity index (χ4v) is 2.86. The van der Waals surface area contributed by atoms with E-state index in [9.17, 15) is 5.11 Å². The van der Waals surface area contributed by atoms with E-state index in [0.717, 1.165) is 32.1 Å². The van der Waals surface area contributed by atoms with Crippen molar-refractivity contribution in [3.8, 4) is 0 Å². The van der Waals surface area contributed by atoms with E-state index in [4.69, 9.17) is 5.11 Å². The van der Waals surface area contributed by atoms with Gasteiger partial charge in [0.15, 0.2) is 0 Å². The Morgan fingerprint density at radius 2 is 0.952 bits per heavy atom. The van der Waals surface area contributed by atoms with Gasteiger partial charge in [-0.3, -0.25) is 0 Å². The maximum atomic E-state index is 9.93. The first kappa shape index (κ1) is 20.9. The van der Waals surface area contributed by atoms with Crippen molar-refractivity contribution in [2.24, 2.45) is 0 Å². The number of aliphatic hydroxyl groups is 2. The van der Waals surface area contributed by atoms with Crippen LogP contribution in [-0.4, -0.2) is 22.9 Å². The zero-order chi connectivity index (χ0) is 15.6. The Kier molecular flexibility index (Phi) is 17.9. The molecule has 0 aromatic carbocycles. The van der Waals surface area contributed by atoms with Crippen LogP contribution in [0.2, 0.25) is 0 Å². The van der Waals surface area contributed by atoms with Crippen LogP contribution >= 0.6 is 0 Å². The third-order valence-corrected chi connectivity index (χ3v) is 4.34. The van der Waals surface area contributed by atoms with Crippen LogP contribution in [0.25, 0.3) is 0 Å². The molecule has 0 aliphatic heterocycles. The Labute approximate surface area is 133 Å². The number of aliphatic hydroxyl groups excluding tert-OH is 2. The van der Waals surface area contributed by atoms with Crippen molar-refractivity contribution >= 4 is 0 Å². The molecular weight excluding hydrogens is 260 g/mol. The van der Waals surface area contributed by atoms with Gasteiger partial charge in [0, 0.05) is 6.61 Å². The normalized spacial score (nSPS) is 12.7. The molecule has 0 saturated carbocycles. The topological polar surface area (TPSA) is 40.5 Å².